The summed E-state index contributed by atoms with van der Waals surface area (Å²) in [6.45, 7) is 5.27. The number of esters is 1. The maximum Gasteiger partial charge on any atom is 0.408 e. The van der Waals surface area contributed by atoms with E-state index in [0.29, 0.717) is 10.4 Å². The molecule has 1 heterocycles. The van der Waals surface area contributed by atoms with Crippen molar-refractivity contribution in [3.05, 3.63) is 33.5 Å². The third-order valence-corrected chi connectivity index (χ3v) is 3.59. The first-order valence-electron chi connectivity index (χ1n) is 7.08. The van der Waals surface area contributed by atoms with Gasteiger partial charge in [-0.2, -0.15) is 0 Å². The molecule has 0 atom stereocenters. The molecule has 2 aromatic rings. The number of fused-ring (bicyclic) bond motifs is 1. The summed E-state index contributed by atoms with van der Waals surface area (Å²) in [6, 6.07) is 3.01. The fraction of sp³-hybridized carbons (Fsp3) is 0.375. The SMILES string of the molecule is COC(=O)c1cc(Cl)cc2c(Cl)c(CNC(=O)OC(C)(C)C)oc12. The Morgan fingerprint density at radius 1 is 1.25 bits per heavy atom. The number of alkyl carbamates (subject to hydrolysis) is 1. The lowest BCUT2D eigenvalue weighted by Crippen LogP contribution is -2.32. The van der Waals surface area contributed by atoms with Crippen LogP contribution in [0.1, 0.15) is 36.9 Å². The number of hydrogen-bond donors (Lipinski definition) is 1. The smallest absolute Gasteiger partial charge is 0.408 e. The summed E-state index contributed by atoms with van der Waals surface area (Å²) in [5.74, 6) is -0.315. The van der Waals surface area contributed by atoms with E-state index in [0.717, 1.165) is 0 Å². The van der Waals surface area contributed by atoms with Crippen LogP contribution in [0.4, 0.5) is 4.79 Å². The number of amides is 1. The van der Waals surface area contributed by atoms with Gasteiger partial charge < -0.3 is 19.2 Å². The molecule has 0 fully saturated rings. The quantitative estimate of drug-likeness (QED) is 0.798. The normalized spacial score (nSPS) is 11.4. The molecular weight excluding hydrogens is 357 g/mol. The van der Waals surface area contributed by atoms with Crippen LogP contribution in [0.25, 0.3) is 11.0 Å². The van der Waals surface area contributed by atoms with E-state index in [1.54, 1.807) is 26.8 Å². The fourth-order valence-electron chi connectivity index (χ4n) is 2.03. The topological polar surface area (TPSA) is 77.8 Å². The summed E-state index contributed by atoms with van der Waals surface area (Å²) < 4.78 is 15.5. The Morgan fingerprint density at radius 3 is 2.50 bits per heavy atom. The predicted molar refractivity (Wildman–Crippen MR) is 90.6 cm³/mol. The molecule has 8 heteroatoms. The second-order valence-electron chi connectivity index (χ2n) is 6.02. The standard InChI is InChI=1S/C16H17Cl2NO5/c1-16(2,3)24-15(21)19-7-11-12(18)9-5-8(17)6-10(13(9)23-11)14(20)22-4/h5-6H,7H2,1-4H3,(H,19,21). The minimum atomic E-state index is -0.618. The lowest BCUT2D eigenvalue weighted by atomic mass is 10.1. The van der Waals surface area contributed by atoms with Gasteiger partial charge >= 0.3 is 12.1 Å². The molecule has 2 rings (SSSR count). The Kier molecular flexibility index (Phi) is 5.30. The zero-order valence-electron chi connectivity index (χ0n) is 13.7. The van der Waals surface area contributed by atoms with Crippen LogP contribution in [0.15, 0.2) is 16.5 Å². The molecule has 0 saturated carbocycles. The number of carbonyl (C=O) groups excluding carboxylic acids is 2. The van der Waals surface area contributed by atoms with Crippen LogP contribution in [0.5, 0.6) is 0 Å². The zero-order valence-corrected chi connectivity index (χ0v) is 15.2. The van der Waals surface area contributed by atoms with Crippen molar-refractivity contribution in [3.8, 4) is 0 Å². The van der Waals surface area contributed by atoms with Crippen LogP contribution in [0, 0.1) is 0 Å². The minimum Gasteiger partial charge on any atom is -0.465 e. The molecule has 24 heavy (non-hydrogen) atoms. The number of halogens is 2. The molecule has 0 unspecified atom stereocenters. The van der Waals surface area contributed by atoms with E-state index in [1.165, 1.54) is 13.2 Å². The largest absolute Gasteiger partial charge is 0.465 e. The van der Waals surface area contributed by atoms with E-state index in [-0.39, 0.29) is 28.5 Å². The maximum absolute atomic E-state index is 11.8. The van der Waals surface area contributed by atoms with Gasteiger partial charge in [0.2, 0.25) is 0 Å². The van der Waals surface area contributed by atoms with Crippen molar-refractivity contribution in [1.29, 1.82) is 0 Å². The predicted octanol–water partition coefficient (Wildman–Crippen LogP) is 4.55. The second-order valence-corrected chi connectivity index (χ2v) is 6.83. The van der Waals surface area contributed by atoms with E-state index in [2.05, 4.69) is 5.32 Å². The van der Waals surface area contributed by atoms with E-state index in [4.69, 9.17) is 37.1 Å². The Morgan fingerprint density at radius 2 is 1.92 bits per heavy atom. The van der Waals surface area contributed by atoms with Gasteiger partial charge in [-0.3, -0.25) is 0 Å². The molecule has 1 aromatic carbocycles. The molecule has 0 aliphatic rings. The van der Waals surface area contributed by atoms with E-state index in [9.17, 15) is 9.59 Å². The van der Waals surface area contributed by atoms with Crippen molar-refractivity contribution in [3.63, 3.8) is 0 Å². The van der Waals surface area contributed by atoms with Crippen LogP contribution >= 0.6 is 23.2 Å². The molecular formula is C16H17Cl2NO5. The van der Waals surface area contributed by atoms with E-state index >= 15 is 0 Å². The lowest BCUT2D eigenvalue weighted by molar-refractivity contribution is 0.0518. The van der Waals surface area contributed by atoms with Gasteiger partial charge in [0.25, 0.3) is 0 Å². The highest BCUT2D eigenvalue weighted by molar-refractivity contribution is 6.38. The maximum atomic E-state index is 11.8. The average Bonchev–Trinajstić information content (AvgIpc) is 2.78. The molecule has 1 N–H and O–H groups in total. The number of methoxy groups -OCH3 is 1. The molecule has 0 aliphatic heterocycles. The van der Waals surface area contributed by atoms with Crippen LogP contribution in [-0.4, -0.2) is 24.8 Å². The van der Waals surface area contributed by atoms with Crippen molar-refractivity contribution in [2.24, 2.45) is 0 Å². The number of furan rings is 1. The van der Waals surface area contributed by atoms with Crippen LogP contribution in [0.3, 0.4) is 0 Å². The van der Waals surface area contributed by atoms with Gasteiger partial charge in [-0.15, -0.1) is 0 Å². The summed E-state index contributed by atoms with van der Waals surface area (Å²) >= 11 is 12.3. The molecule has 130 valence electrons. The second kappa shape index (κ2) is 6.91. The third kappa shape index (κ3) is 4.13. The van der Waals surface area contributed by atoms with Gasteiger partial charge in [0.05, 0.1) is 18.7 Å². The summed E-state index contributed by atoms with van der Waals surface area (Å²) in [4.78, 5) is 23.6. The molecule has 0 saturated heterocycles. The highest BCUT2D eigenvalue weighted by Crippen LogP contribution is 2.35. The van der Waals surface area contributed by atoms with Crippen LogP contribution in [0.2, 0.25) is 10.0 Å². The van der Waals surface area contributed by atoms with Gasteiger partial charge in [-0.1, -0.05) is 23.2 Å². The molecule has 0 radical (unpaired) electrons. The Hall–Kier alpha value is -1.92. The number of carbonyl (C=O) groups is 2. The number of benzene rings is 1. The van der Waals surface area contributed by atoms with E-state index < -0.39 is 17.7 Å². The van der Waals surface area contributed by atoms with Gasteiger partial charge in [0.1, 0.15) is 16.9 Å². The summed E-state index contributed by atoms with van der Waals surface area (Å²) in [5.41, 5.74) is -0.212. The van der Waals surface area contributed by atoms with Crippen molar-refractivity contribution in [1.82, 2.24) is 5.32 Å². The van der Waals surface area contributed by atoms with Crippen molar-refractivity contribution in [2.45, 2.75) is 32.9 Å². The Bertz CT molecular complexity index is 792. The number of ether oxygens (including phenoxy) is 2. The summed E-state index contributed by atoms with van der Waals surface area (Å²) in [5, 5.41) is 3.58. The third-order valence-electron chi connectivity index (χ3n) is 2.96. The average molecular weight is 374 g/mol. The molecule has 0 aliphatic carbocycles. The first-order valence-corrected chi connectivity index (χ1v) is 7.83. The van der Waals surface area contributed by atoms with Crippen LogP contribution < -0.4 is 5.32 Å². The molecule has 1 amide bonds. The fourth-order valence-corrected chi connectivity index (χ4v) is 2.49. The highest BCUT2D eigenvalue weighted by Gasteiger charge is 2.22. The molecule has 0 spiro atoms. The van der Waals surface area contributed by atoms with Crippen LogP contribution in [-0.2, 0) is 16.0 Å². The molecule has 0 bridgehead atoms. The van der Waals surface area contributed by atoms with Gasteiger partial charge in [-0.25, -0.2) is 9.59 Å². The monoisotopic (exact) mass is 373 g/mol. The lowest BCUT2D eigenvalue weighted by Gasteiger charge is -2.19. The van der Waals surface area contributed by atoms with Gasteiger partial charge in [0, 0.05) is 10.4 Å². The highest BCUT2D eigenvalue weighted by atomic mass is 35.5. The van der Waals surface area contributed by atoms with Gasteiger partial charge in [-0.05, 0) is 32.9 Å². The Labute approximate surface area is 149 Å². The van der Waals surface area contributed by atoms with Crippen molar-refractivity contribution >= 4 is 46.2 Å². The van der Waals surface area contributed by atoms with Crippen molar-refractivity contribution in [2.75, 3.05) is 7.11 Å². The number of rotatable bonds is 3. The summed E-state index contributed by atoms with van der Waals surface area (Å²) in [6.07, 6.45) is -0.606. The summed E-state index contributed by atoms with van der Waals surface area (Å²) in [7, 11) is 1.25. The number of hydrogen-bond acceptors (Lipinski definition) is 5. The minimum absolute atomic E-state index is 0.000653. The van der Waals surface area contributed by atoms with Gasteiger partial charge in [0.15, 0.2) is 5.58 Å². The zero-order chi connectivity index (χ0) is 18.1. The number of nitrogens with one attached hydrogen (secondary N) is 1. The molecule has 1 aromatic heterocycles. The first kappa shape index (κ1) is 18.4. The van der Waals surface area contributed by atoms with E-state index in [1.807, 2.05) is 0 Å². The Balaban J connectivity index is 2.31. The first-order chi connectivity index (χ1) is 11.1. The molecule has 6 nitrogen and oxygen atoms in total. The van der Waals surface area contributed by atoms with Crippen molar-refractivity contribution < 1.29 is 23.5 Å².